The van der Waals surface area contributed by atoms with E-state index in [2.05, 4.69) is 26.1 Å². The normalized spacial score (nSPS) is 11.1. The molecule has 0 bridgehead atoms. The molecule has 27 heavy (non-hydrogen) atoms. The fourth-order valence-corrected chi connectivity index (χ4v) is 3.11. The van der Waals surface area contributed by atoms with Gasteiger partial charge in [0, 0.05) is 11.6 Å². The summed E-state index contributed by atoms with van der Waals surface area (Å²) < 4.78 is 11.2. The molecule has 0 aliphatic rings. The molecule has 2 rings (SSSR count). The fourth-order valence-electron chi connectivity index (χ4n) is 2.85. The van der Waals surface area contributed by atoms with E-state index in [0.717, 1.165) is 42.1 Å². The van der Waals surface area contributed by atoms with Crippen LogP contribution in [0.3, 0.4) is 0 Å². The largest absolute Gasteiger partial charge is 0.491 e. The number of methoxy groups -OCH3 is 1. The van der Waals surface area contributed by atoms with Gasteiger partial charge in [0.05, 0.1) is 23.9 Å². The third-order valence-electron chi connectivity index (χ3n) is 4.36. The molecule has 1 aromatic carbocycles. The second-order valence-electron chi connectivity index (χ2n) is 6.70. The number of hydrogen-bond acceptors (Lipinski definition) is 5. The van der Waals surface area contributed by atoms with Crippen LogP contribution in [0.5, 0.6) is 11.6 Å². The van der Waals surface area contributed by atoms with Crippen LogP contribution in [-0.2, 0) is 6.42 Å². The van der Waals surface area contributed by atoms with E-state index < -0.39 is 0 Å². The first-order chi connectivity index (χ1) is 12.9. The van der Waals surface area contributed by atoms with Gasteiger partial charge in [-0.05, 0) is 51.3 Å². The first kappa shape index (κ1) is 21.3. The fraction of sp³-hybridized carbons (Fsp3) is 0.524. The summed E-state index contributed by atoms with van der Waals surface area (Å²) in [6.45, 7) is 10.4. The van der Waals surface area contributed by atoms with Gasteiger partial charge < -0.3 is 14.8 Å². The first-order valence-corrected chi connectivity index (χ1v) is 9.99. The lowest BCUT2D eigenvalue weighted by Crippen LogP contribution is -2.20. The Balaban J connectivity index is 2.47. The molecule has 1 aromatic heterocycles. The molecule has 0 amide bonds. The number of nitrogens with one attached hydrogen (secondary N) is 1. The third kappa shape index (κ3) is 5.25. The molecule has 0 aliphatic carbocycles. The van der Waals surface area contributed by atoms with Crippen LogP contribution in [0, 0.1) is 0 Å². The van der Waals surface area contributed by atoms with E-state index in [1.54, 1.807) is 13.2 Å². The van der Waals surface area contributed by atoms with Crippen LogP contribution in [0.25, 0.3) is 11.3 Å². The van der Waals surface area contributed by atoms with E-state index in [1.165, 1.54) is 0 Å². The number of halogens is 1. The molecular formula is C21H30ClN3O2. The zero-order chi connectivity index (χ0) is 20.0. The van der Waals surface area contributed by atoms with E-state index in [9.17, 15) is 0 Å². The maximum Gasteiger partial charge on any atom is 0.242 e. The van der Waals surface area contributed by atoms with E-state index in [-0.39, 0.29) is 6.10 Å². The molecule has 1 N–H and O–H groups in total. The van der Waals surface area contributed by atoms with Crippen LogP contribution in [-0.4, -0.2) is 29.2 Å². The van der Waals surface area contributed by atoms with Crippen molar-refractivity contribution in [2.45, 2.75) is 66.0 Å². The first-order valence-electron chi connectivity index (χ1n) is 9.61. The molecule has 148 valence electrons. The Kier molecular flexibility index (Phi) is 7.72. The quantitative estimate of drug-likeness (QED) is 0.589. The Morgan fingerprint density at radius 1 is 1.11 bits per heavy atom. The van der Waals surface area contributed by atoms with Crippen molar-refractivity contribution in [3.63, 3.8) is 0 Å². The van der Waals surface area contributed by atoms with Crippen LogP contribution in [0.1, 0.15) is 53.2 Å². The van der Waals surface area contributed by atoms with Crippen molar-refractivity contribution >= 4 is 17.4 Å². The van der Waals surface area contributed by atoms with Gasteiger partial charge in [-0.2, -0.15) is 4.98 Å². The van der Waals surface area contributed by atoms with Crippen LogP contribution in [0.4, 0.5) is 5.82 Å². The monoisotopic (exact) mass is 391 g/mol. The van der Waals surface area contributed by atoms with Gasteiger partial charge in [-0.1, -0.05) is 32.4 Å². The molecule has 0 unspecified atom stereocenters. The van der Waals surface area contributed by atoms with Gasteiger partial charge in [-0.3, -0.25) is 0 Å². The van der Waals surface area contributed by atoms with Crippen LogP contribution in [0.15, 0.2) is 18.2 Å². The molecule has 0 atom stereocenters. The van der Waals surface area contributed by atoms with Crippen molar-refractivity contribution in [1.82, 2.24) is 9.97 Å². The summed E-state index contributed by atoms with van der Waals surface area (Å²) in [6, 6.07) is 5.96. The number of rotatable bonds is 9. The Labute approximate surface area is 167 Å². The van der Waals surface area contributed by atoms with Gasteiger partial charge in [0.25, 0.3) is 0 Å². The van der Waals surface area contributed by atoms with E-state index in [0.29, 0.717) is 22.6 Å². The van der Waals surface area contributed by atoms with Gasteiger partial charge in [0.1, 0.15) is 11.4 Å². The Hall–Kier alpha value is -2.01. The molecule has 5 nitrogen and oxygen atoms in total. The molecule has 0 radical (unpaired) electrons. The standard InChI is InChI=1S/C21H30ClN3O2/c1-7-14(8-2)23-20-18(9-3)24-19(21(25-20)26-6)16-11-10-15(12-17(16)22)27-13(4)5/h10-14H,7-9H2,1-6H3,(H,23,25). The molecule has 1 heterocycles. The van der Waals surface area contributed by atoms with Gasteiger partial charge >= 0.3 is 0 Å². The number of hydrogen-bond donors (Lipinski definition) is 1. The average Bonchev–Trinajstić information content (AvgIpc) is 2.65. The summed E-state index contributed by atoms with van der Waals surface area (Å²) in [6.07, 6.45) is 2.89. The summed E-state index contributed by atoms with van der Waals surface area (Å²) in [5, 5.41) is 4.05. The highest BCUT2D eigenvalue weighted by molar-refractivity contribution is 6.33. The molecule has 0 spiro atoms. The lowest BCUT2D eigenvalue weighted by molar-refractivity contribution is 0.242. The summed E-state index contributed by atoms with van der Waals surface area (Å²) >= 11 is 6.52. The second kappa shape index (κ2) is 9.79. The zero-order valence-electron chi connectivity index (χ0n) is 17.1. The Morgan fingerprint density at radius 3 is 2.33 bits per heavy atom. The molecule has 2 aromatic rings. The highest BCUT2D eigenvalue weighted by atomic mass is 35.5. The smallest absolute Gasteiger partial charge is 0.242 e. The van der Waals surface area contributed by atoms with Crippen molar-refractivity contribution in [2.75, 3.05) is 12.4 Å². The van der Waals surface area contributed by atoms with E-state index in [4.69, 9.17) is 31.0 Å². The highest BCUT2D eigenvalue weighted by Crippen LogP contribution is 2.36. The van der Waals surface area contributed by atoms with Crippen molar-refractivity contribution in [3.05, 3.63) is 28.9 Å². The lowest BCUT2D eigenvalue weighted by atomic mass is 10.1. The maximum atomic E-state index is 6.52. The van der Waals surface area contributed by atoms with Gasteiger partial charge in [-0.15, -0.1) is 0 Å². The minimum atomic E-state index is 0.0865. The van der Waals surface area contributed by atoms with Gasteiger partial charge in [-0.25, -0.2) is 4.98 Å². The summed E-state index contributed by atoms with van der Waals surface area (Å²) in [5.41, 5.74) is 2.32. The Morgan fingerprint density at radius 2 is 1.81 bits per heavy atom. The van der Waals surface area contributed by atoms with Crippen LogP contribution in [0.2, 0.25) is 5.02 Å². The number of benzene rings is 1. The predicted octanol–water partition coefficient (Wildman–Crippen LogP) is 5.76. The van der Waals surface area contributed by atoms with Crippen LogP contribution >= 0.6 is 11.6 Å². The van der Waals surface area contributed by atoms with Crippen molar-refractivity contribution < 1.29 is 9.47 Å². The number of aromatic nitrogens is 2. The second-order valence-corrected chi connectivity index (χ2v) is 7.10. The molecule has 0 fully saturated rings. The minimum Gasteiger partial charge on any atom is -0.491 e. The van der Waals surface area contributed by atoms with Gasteiger partial charge in [0.15, 0.2) is 5.82 Å². The number of nitrogens with zero attached hydrogens (tertiary/aromatic N) is 2. The zero-order valence-corrected chi connectivity index (χ0v) is 17.9. The number of aryl methyl sites for hydroxylation is 1. The van der Waals surface area contributed by atoms with Crippen molar-refractivity contribution in [1.29, 1.82) is 0 Å². The van der Waals surface area contributed by atoms with Crippen molar-refractivity contribution in [3.8, 4) is 22.9 Å². The third-order valence-corrected chi connectivity index (χ3v) is 4.67. The summed E-state index contributed by atoms with van der Waals surface area (Å²) in [7, 11) is 1.60. The maximum absolute atomic E-state index is 6.52. The van der Waals surface area contributed by atoms with E-state index in [1.807, 2.05) is 26.0 Å². The molecule has 0 aliphatic heterocycles. The predicted molar refractivity (Wildman–Crippen MR) is 112 cm³/mol. The topological polar surface area (TPSA) is 56.3 Å². The molecule has 0 saturated carbocycles. The highest BCUT2D eigenvalue weighted by Gasteiger charge is 2.19. The van der Waals surface area contributed by atoms with Crippen LogP contribution < -0.4 is 14.8 Å². The van der Waals surface area contributed by atoms with Gasteiger partial charge in [0.2, 0.25) is 5.88 Å². The average molecular weight is 392 g/mol. The molecular weight excluding hydrogens is 362 g/mol. The Bertz CT molecular complexity index is 761. The van der Waals surface area contributed by atoms with E-state index >= 15 is 0 Å². The minimum absolute atomic E-state index is 0.0865. The number of anilines is 1. The van der Waals surface area contributed by atoms with Crippen molar-refractivity contribution in [2.24, 2.45) is 0 Å². The summed E-state index contributed by atoms with van der Waals surface area (Å²) in [4.78, 5) is 9.53. The SMILES string of the molecule is CCc1nc(-c2ccc(OC(C)C)cc2Cl)c(OC)nc1NC(CC)CC. The summed E-state index contributed by atoms with van der Waals surface area (Å²) in [5.74, 6) is 1.97. The lowest BCUT2D eigenvalue weighted by Gasteiger charge is -2.19. The number of ether oxygens (including phenoxy) is 2. The molecule has 0 saturated heterocycles. The molecule has 6 heteroatoms.